The zero-order valence-corrected chi connectivity index (χ0v) is 8.96. The fraction of sp³-hybridized carbons (Fsp3) is 0.385. The number of benzene rings is 1. The summed E-state index contributed by atoms with van der Waals surface area (Å²) in [4.78, 5) is 0. The van der Waals surface area contributed by atoms with E-state index in [-0.39, 0.29) is 11.9 Å². The fourth-order valence-electron chi connectivity index (χ4n) is 1.45. The van der Waals surface area contributed by atoms with Crippen molar-refractivity contribution in [3.05, 3.63) is 35.6 Å². The molecule has 0 aromatic heterocycles. The molecular formula is C13H16FN. The van der Waals surface area contributed by atoms with Crippen LogP contribution < -0.4 is 5.73 Å². The Hall–Kier alpha value is -1.33. The maximum Gasteiger partial charge on any atom is 0.123 e. The van der Waals surface area contributed by atoms with E-state index in [2.05, 4.69) is 11.8 Å². The van der Waals surface area contributed by atoms with Crippen LogP contribution in [0, 0.1) is 17.7 Å². The molecule has 1 aromatic rings. The van der Waals surface area contributed by atoms with E-state index >= 15 is 0 Å². The van der Waals surface area contributed by atoms with Crippen LogP contribution in [-0.2, 0) is 6.42 Å². The molecule has 1 nitrogen and oxygen atoms in total. The van der Waals surface area contributed by atoms with E-state index < -0.39 is 0 Å². The molecule has 15 heavy (non-hydrogen) atoms. The van der Waals surface area contributed by atoms with Crippen molar-refractivity contribution in [2.75, 3.05) is 0 Å². The molecular weight excluding hydrogens is 189 g/mol. The van der Waals surface area contributed by atoms with Gasteiger partial charge in [-0.2, -0.15) is 0 Å². The van der Waals surface area contributed by atoms with Crippen LogP contribution in [0.3, 0.4) is 0 Å². The molecule has 0 aliphatic rings. The fourth-order valence-corrected chi connectivity index (χ4v) is 1.45. The smallest absolute Gasteiger partial charge is 0.123 e. The second kappa shape index (κ2) is 6.21. The number of nitrogens with two attached hydrogens (primary N) is 1. The van der Waals surface area contributed by atoms with Crippen molar-refractivity contribution in [1.29, 1.82) is 0 Å². The first kappa shape index (κ1) is 11.7. The molecule has 0 heterocycles. The van der Waals surface area contributed by atoms with Crippen LogP contribution in [0.25, 0.3) is 0 Å². The highest BCUT2D eigenvalue weighted by Gasteiger charge is 2.03. The molecule has 80 valence electrons. The van der Waals surface area contributed by atoms with Crippen molar-refractivity contribution in [3.63, 3.8) is 0 Å². The van der Waals surface area contributed by atoms with Gasteiger partial charge in [-0.1, -0.05) is 12.1 Å². The lowest BCUT2D eigenvalue weighted by Gasteiger charge is -2.09. The van der Waals surface area contributed by atoms with Gasteiger partial charge in [0.25, 0.3) is 0 Å². The van der Waals surface area contributed by atoms with Crippen LogP contribution in [0.2, 0.25) is 0 Å². The monoisotopic (exact) mass is 205 g/mol. The Morgan fingerprint density at radius 1 is 1.47 bits per heavy atom. The van der Waals surface area contributed by atoms with Gasteiger partial charge in [-0.3, -0.25) is 0 Å². The summed E-state index contributed by atoms with van der Waals surface area (Å²) in [6.07, 6.45) is 2.38. The Balaban J connectivity index is 2.42. The number of hydrogen-bond donors (Lipinski definition) is 1. The van der Waals surface area contributed by atoms with Crippen molar-refractivity contribution in [1.82, 2.24) is 0 Å². The predicted octanol–water partition coefficient (Wildman–Crippen LogP) is 2.50. The molecule has 0 aliphatic carbocycles. The van der Waals surface area contributed by atoms with E-state index in [1.165, 1.54) is 12.1 Å². The zero-order valence-electron chi connectivity index (χ0n) is 8.96. The normalized spacial score (nSPS) is 11.7. The first-order chi connectivity index (χ1) is 7.22. The summed E-state index contributed by atoms with van der Waals surface area (Å²) >= 11 is 0. The molecule has 1 atom stereocenters. The average molecular weight is 205 g/mol. The van der Waals surface area contributed by atoms with Gasteiger partial charge >= 0.3 is 0 Å². The second-order valence-corrected chi connectivity index (χ2v) is 3.56. The van der Waals surface area contributed by atoms with E-state index in [9.17, 15) is 4.39 Å². The van der Waals surface area contributed by atoms with Crippen molar-refractivity contribution >= 4 is 0 Å². The Kier molecular flexibility index (Phi) is 4.86. The Bertz CT molecular complexity index is 362. The summed E-state index contributed by atoms with van der Waals surface area (Å²) in [5.41, 5.74) is 6.86. The minimum absolute atomic E-state index is 0.0626. The number of rotatable bonds is 4. The van der Waals surface area contributed by atoms with Crippen LogP contribution in [-0.4, -0.2) is 6.04 Å². The van der Waals surface area contributed by atoms with Gasteiger partial charge in [0.1, 0.15) is 5.82 Å². The first-order valence-electron chi connectivity index (χ1n) is 5.12. The molecule has 1 unspecified atom stereocenters. The van der Waals surface area contributed by atoms with Gasteiger partial charge in [-0.15, -0.1) is 11.8 Å². The highest BCUT2D eigenvalue weighted by atomic mass is 19.1. The maximum absolute atomic E-state index is 12.9. The molecule has 0 bridgehead atoms. The van der Waals surface area contributed by atoms with Crippen molar-refractivity contribution in [2.45, 2.75) is 32.2 Å². The molecule has 0 spiro atoms. The predicted molar refractivity (Wildman–Crippen MR) is 60.8 cm³/mol. The average Bonchev–Trinajstić information content (AvgIpc) is 2.18. The molecule has 0 saturated carbocycles. The third kappa shape index (κ3) is 4.62. The van der Waals surface area contributed by atoms with Gasteiger partial charge in [0.2, 0.25) is 0 Å². The highest BCUT2D eigenvalue weighted by molar-refractivity contribution is 5.17. The largest absolute Gasteiger partial charge is 0.327 e. The number of hydrogen-bond acceptors (Lipinski definition) is 1. The lowest BCUT2D eigenvalue weighted by Crippen LogP contribution is -2.22. The lowest BCUT2D eigenvalue weighted by atomic mass is 10.0. The Morgan fingerprint density at radius 2 is 2.27 bits per heavy atom. The molecule has 0 amide bonds. The van der Waals surface area contributed by atoms with Gasteiger partial charge < -0.3 is 5.73 Å². The minimum Gasteiger partial charge on any atom is -0.327 e. The summed E-state index contributed by atoms with van der Waals surface area (Å²) in [6, 6.07) is 6.65. The van der Waals surface area contributed by atoms with Crippen molar-refractivity contribution < 1.29 is 4.39 Å². The van der Waals surface area contributed by atoms with Gasteiger partial charge in [0.15, 0.2) is 0 Å². The van der Waals surface area contributed by atoms with Crippen LogP contribution in [0.5, 0.6) is 0 Å². The molecule has 0 aliphatic heterocycles. The Morgan fingerprint density at radius 3 is 2.93 bits per heavy atom. The summed E-state index contributed by atoms with van der Waals surface area (Å²) in [5.74, 6) is 5.60. The molecule has 0 saturated heterocycles. The maximum atomic E-state index is 12.9. The van der Waals surface area contributed by atoms with E-state index in [1.807, 2.05) is 13.0 Å². The van der Waals surface area contributed by atoms with Crippen LogP contribution >= 0.6 is 0 Å². The number of halogens is 1. The molecule has 1 aromatic carbocycles. The van der Waals surface area contributed by atoms with Crippen LogP contribution in [0.15, 0.2) is 24.3 Å². The minimum atomic E-state index is -0.201. The third-order valence-corrected chi connectivity index (χ3v) is 2.20. The van der Waals surface area contributed by atoms with E-state index in [0.29, 0.717) is 6.42 Å². The second-order valence-electron chi connectivity index (χ2n) is 3.56. The molecule has 2 heteroatoms. The van der Waals surface area contributed by atoms with Gasteiger partial charge in [-0.05, 0) is 37.5 Å². The molecule has 0 fully saturated rings. The zero-order chi connectivity index (χ0) is 11.1. The quantitative estimate of drug-likeness (QED) is 0.751. The van der Waals surface area contributed by atoms with Crippen molar-refractivity contribution in [3.8, 4) is 11.8 Å². The highest BCUT2D eigenvalue weighted by Crippen LogP contribution is 2.07. The Labute approximate surface area is 90.5 Å². The summed E-state index contributed by atoms with van der Waals surface area (Å²) < 4.78 is 12.9. The van der Waals surface area contributed by atoms with E-state index in [1.54, 1.807) is 6.07 Å². The summed E-state index contributed by atoms with van der Waals surface area (Å²) in [7, 11) is 0. The SMILES string of the molecule is CC#CCCC(N)Cc1cccc(F)c1. The van der Waals surface area contributed by atoms with Gasteiger partial charge in [-0.25, -0.2) is 4.39 Å². The summed E-state index contributed by atoms with van der Waals surface area (Å²) in [5, 5.41) is 0. The lowest BCUT2D eigenvalue weighted by molar-refractivity contribution is 0.606. The molecule has 1 rings (SSSR count). The molecule has 2 N–H and O–H groups in total. The standard InChI is InChI=1S/C13H16FN/c1-2-3-4-8-13(15)10-11-6-5-7-12(14)9-11/h5-7,9,13H,4,8,10,15H2,1H3. The third-order valence-electron chi connectivity index (χ3n) is 2.20. The van der Waals surface area contributed by atoms with Crippen molar-refractivity contribution in [2.24, 2.45) is 5.73 Å². The topological polar surface area (TPSA) is 26.0 Å². The molecule has 0 radical (unpaired) electrons. The van der Waals surface area contributed by atoms with Crippen LogP contribution in [0.4, 0.5) is 4.39 Å². The van der Waals surface area contributed by atoms with Gasteiger partial charge in [0, 0.05) is 12.5 Å². The van der Waals surface area contributed by atoms with E-state index in [4.69, 9.17) is 5.73 Å². The first-order valence-corrected chi connectivity index (χ1v) is 5.12. The van der Waals surface area contributed by atoms with Gasteiger partial charge in [0.05, 0.1) is 0 Å². The summed E-state index contributed by atoms with van der Waals surface area (Å²) in [6.45, 7) is 1.82. The van der Waals surface area contributed by atoms with Crippen LogP contribution in [0.1, 0.15) is 25.3 Å². The van der Waals surface area contributed by atoms with E-state index in [0.717, 1.165) is 18.4 Å².